The van der Waals surface area contributed by atoms with E-state index in [0.29, 0.717) is 11.0 Å². The first-order valence-corrected chi connectivity index (χ1v) is 6.79. The van der Waals surface area contributed by atoms with Crippen LogP contribution in [0.1, 0.15) is 25.3 Å². The zero-order valence-corrected chi connectivity index (χ0v) is 12.0. The number of thiocarbonyl (C=S) groups is 1. The Morgan fingerprint density at radius 1 is 0.895 bits per heavy atom. The third kappa shape index (κ3) is 3.80. The summed E-state index contributed by atoms with van der Waals surface area (Å²) in [6.07, 6.45) is 0. The van der Waals surface area contributed by atoms with Crippen molar-refractivity contribution in [2.75, 3.05) is 10.6 Å². The topological polar surface area (TPSA) is 24.1 Å². The van der Waals surface area contributed by atoms with Gasteiger partial charge in [0.05, 0.1) is 0 Å². The van der Waals surface area contributed by atoms with Gasteiger partial charge in [0, 0.05) is 11.4 Å². The molecular formula is C16H18N2S. The predicted molar refractivity (Wildman–Crippen MR) is 86.8 cm³/mol. The summed E-state index contributed by atoms with van der Waals surface area (Å²) in [6, 6.07) is 18.2. The Balaban J connectivity index is 2.07. The highest BCUT2D eigenvalue weighted by molar-refractivity contribution is 7.80. The van der Waals surface area contributed by atoms with Crippen LogP contribution in [0.15, 0.2) is 54.6 Å². The van der Waals surface area contributed by atoms with E-state index in [-0.39, 0.29) is 0 Å². The number of benzene rings is 2. The molecule has 0 amide bonds. The fourth-order valence-electron chi connectivity index (χ4n) is 1.92. The summed E-state index contributed by atoms with van der Waals surface area (Å²) >= 11 is 5.34. The van der Waals surface area contributed by atoms with Crippen molar-refractivity contribution in [3.63, 3.8) is 0 Å². The molecule has 19 heavy (non-hydrogen) atoms. The highest BCUT2D eigenvalue weighted by Crippen LogP contribution is 2.23. The molecule has 0 fully saturated rings. The third-order valence-electron chi connectivity index (χ3n) is 2.86. The minimum Gasteiger partial charge on any atom is -0.332 e. The van der Waals surface area contributed by atoms with Crippen LogP contribution in [-0.2, 0) is 0 Å². The summed E-state index contributed by atoms with van der Waals surface area (Å²) in [5.74, 6) is 0.461. The van der Waals surface area contributed by atoms with Gasteiger partial charge in [0.2, 0.25) is 0 Å². The monoisotopic (exact) mass is 270 g/mol. The van der Waals surface area contributed by atoms with Gasteiger partial charge in [-0.25, -0.2) is 0 Å². The molecule has 0 aliphatic heterocycles. The number of hydrogen-bond donors (Lipinski definition) is 2. The molecule has 0 spiro atoms. The van der Waals surface area contributed by atoms with E-state index in [1.165, 1.54) is 5.56 Å². The second-order valence-electron chi connectivity index (χ2n) is 4.69. The van der Waals surface area contributed by atoms with E-state index in [1.54, 1.807) is 0 Å². The quantitative estimate of drug-likeness (QED) is 0.796. The minimum atomic E-state index is 0.461. The molecule has 0 bridgehead atoms. The van der Waals surface area contributed by atoms with E-state index >= 15 is 0 Å². The molecule has 2 nitrogen and oxygen atoms in total. The first-order valence-electron chi connectivity index (χ1n) is 6.39. The second-order valence-corrected chi connectivity index (χ2v) is 5.10. The van der Waals surface area contributed by atoms with Crippen molar-refractivity contribution < 1.29 is 0 Å². The lowest BCUT2D eigenvalue weighted by molar-refractivity contribution is 0.869. The van der Waals surface area contributed by atoms with Gasteiger partial charge < -0.3 is 10.6 Å². The van der Waals surface area contributed by atoms with Crippen LogP contribution < -0.4 is 10.6 Å². The van der Waals surface area contributed by atoms with E-state index in [9.17, 15) is 0 Å². The van der Waals surface area contributed by atoms with Gasteiger partial charge in [0.25, 0.3) is 0 Å². The smallest absolute Gasteiger partial charge is 0.175 e. The zero-order chi connectivity index (χ0) is 13.7. The van der Waals surface area contributed by atoms with Gasteiger partial charge in [-0.2, -0.15) is 0 Å². The third-order valence-corrected chi connectivity index (χ3v) is 3.07. The largest absolute Gasteiger partial charge is 0.332 e. The maximum Gasteiger partial charge on any atom is 0.175 e. The first-order chi connectivity index (χ1) is 9.16. The molecule has 0 saturated heterocycles. The van der Waals surface area contributed by atoms with E-state index in [2.05, 4.69) is 30.5 Å². The maximum absolute atomic E-state index is 5.34. The van der Waals surface area contributed by atoms with Crippen LogP contribution in [0, 0.1) is 0 Å². The number of anilines is 2. The molecule has 3 heteroatoms. The average molecular weight is 270 g/mol. The van der Waals surface area contributed by atoms with Gasteiger partial charge in [-0.1, -0.05) is 50.2 Å². The van der Waals surface area contributed by atoms with Crippen LogP contribution in [0.5, 0.6) is 0 Å². The summed E-state index contributed by atoms with van der Waals surface area (Å²) in [4.78, 5) is 0. The van der Waals surface area contributed by atoms with Gasteiger partial charge >= 0.3 is 0 Å². The molecule has 2 aromatic carbocycles. The van der Waals surface area contributed by atoms with Crippen LogP contribution in [0.4, 0.5) is 11.4 Å². The normalized spacial score (nSPS) is 10.3. The molecule has 0 saturated carbocycles. The maximum atomic E-state index is 5.34. The number of para-hydroxylation sites is 2. The van der Waals surface area contributed by atoms with Gasteiger partial charge in [-0.3, -0.25) is 0 Å². The molecule has 0 radical (unpaired) electrons. The molecular weight excluding hydrogens is 252 g/mol. The summed E-state index contributed by atoms with van der Waals surface area (Å²) in [7, 11) is 0. The van der Waals surface area contributed by atoms with Crippen molar-refractivity contribution in [3.8, 4) is 0 Å². The Bertz CT molecular complexity index is 550. The molecule has 0 aromatic heterocycles. The van der Waals surface area contributed by atoms with E-state index in [1.807, 2.05) is 48.5 Å². The molecule has 0 aliphatic carbocycles. The van der Waals surface area contributed by atoms with Crippen LogP contribution in [0.2, 0.25) is 0 Å². The highest BCUT2D eigenvalue weighted by Gasteiger charge is 2.06. The summed E-state index contributed by atoms with van der Waals surface area (Å²) in [5, 5.41) is 7.05. The van der Waals surface area contributed by atoms with E-state index < -0.39 is 0 Å². The Hall–Kier alpha value is -1.87. The van der Waals surface area contributed by atoms with Crippen LogP contribution >= 0.6 is 12.2 Å². The first kappa shape index (κ1) is 13.6. The Morgan fingerprint density at radius 3 is 2.21 bits per heavy atom. The molecule has 2 N–H and O–H groups in total. The second kappa shape index (κ2) is 6.34. The average Bonchev–Trinajstić information content (AvgIpc) is 2.40. The fourth-order valence-corrected chi connectivity index (χ4v) is 2.15. The molecule has 0 heterocycles. The van der Waals surface area contributed by atoms with Crippen LogP contribution in [0.25, 0.3) is 0 Å². The van der Waals surface area contributed by atoms with Gasteiger partial charge in [0.15, 0.2) is 5.11 Å². The zero-order valence-electron chi connectivity index (χ0n) is 11.2. The Labute approximate surface area is 119 Å². The van der Waals surface area contributed by atoms with Gasteiger partial charge in [-0.05, 0) is 41.9 Å². The van der Waals surface area contributed by atoms with Crippen molar-refractivity contribution in [1.29, 1.82) is 0 Å². The molecule has 0 unspecified atom stereocenters. The molecule has 0 atom stereocenters. The van der Waals surface area contributed by atoms with Crippen molar-refractivity contribution in [1.82, 2.24) is 0 Å². The van der Waals surface area contributed by atoms with Crippen molar-refractivity contribution in [2.24, 2.45) is 0 Å². The molecule has 98 valence electrons. The van der Waals surface area contributed by atoms with E-state index in [0.717, 1.165) is 11.4 Å². The van der Waals surface area contributed by atoms with Gasteiger partial charge in [-0.15, -0.1) is 0 Å². The lowest BCUT2D eigenvalue weighted by Gasteiger charge is -2.16. The fraction of sp³-hybridized carbons (Fsp3) is 0.188. The minimum absolute atomic E-state index is 0.461. The predicted octanol–water partition coefficient (Wildman–Crippen LogP) is 4.62. The SMILES string of the molecule is CC(C)c1ccccc1NC(=S)Nc1ccccc1. The Morgan fingerprint density at radius 2 is 1.53 bits per heavy atom. The van der Waals surface area contributed by atoms with Crippen molar-refractivity contribution >= 4 is 28.7 Å². The van der Waals surface area contributed by atoms with E-state index in [4.69, 9.17) is 12.2 Å². The lowest BCUT2D eigenvalue weighted by atomic mass is 10.0. The van der Waals surface area contributed by atoms with Crippen LogP contribution in [-0.4, -0.2) is 5.11 Å². The van der Waals surface area contributed by atoms with Crippen LogP contribution in [0.3, 0.4) is 0 Å². The summed E-state index contributed by atoms with van der Waals surface area (Å²) < 4.78 is 0. The summed E-state index contributed by atoms with van der Waals surface area (Å²) in [5.41, 5.74) is 3.31. The molecule has 2 aromatic rings. The van der Waals surface area contributed by atoms with Crippen molar-refractivity contribution in [3.05, 3.63) is 60.2 Å². The summed E-state index contributed by atoms with van der Waals surface area (Å²) in [6.45, 7) is 4.35. The number of rotatable bonds is 3. The molecule has 0 aliphatic rings. The Kier molecular flexibility index (Phi) is 4.53. The standard InChI is InChI=1S/C16H18N2S/c1-12(2)14-10-6-7-11-15(14)18-16(19)17-13-8-4-3-5-9-13/h3-12H,1-2H3,(H2,17,18,19). The molecule has 2 rings (SSSR count). The highest BCUT2D eigenvalue weighted by atomic mass is 32.1. The number of hydrogen-bond acceptors (Lipinski definition) is 1. The number of nitrogens with one attached hydrogen (secondary N) is 2. The van der Waals surface area contributed by atoms with Crippen molar-refractivity contribution in [2.45, 2.75) is 19.8 Å². The van der Waals surface area contributed by atoms with Gasteiger partial charge in [0.1, 0.15) is 0 Å². The lowest BCUT2D eigenvalue weighted by Crippen LogP contribution is -2.20.